The maximum atomic E-state index is 4.76. The van der Waals surface area contributed by atoms with E-state index >= 15 is 0 Å². The second-order valence-electron chi connectivity index (χ2n) is 5.10. The maximum Gasteiger partial charge on any atom is 0.138 e. The Balaban J connectivity index is 1.97. The van der Waals surface area contributed by atoms with Gasteiger partial charge in [0, 0.05) is 13.0 Å². The van der Waals surface area contributed by atoms with Crippen molar-refractivity contribution in [3.8, 4) is 0 Å². The molecular weight excluding hydrogens is 242 g/mol. The lowest BCUT2D eigenvalue weighted by Gasteiger charge is -2.11. The molecule has 0 bridgehead atoms. The first-order valence-corrected chi connectivity index (χ1v) is 7.62. The summed E-state index contributed by atoms with van der Waals surface area (Å²) < 4.78 is 0. The predicted molar refractivity (Wildman–Crippen MR) is 77.3 cm³/mol. The first-order chi connectivity index (χ1) is 8.81. The minimum atomic E-state index is 0.563. The zero-order chi connectivity index (χ0) is 12.5. The van der Waals surface area contributed by atoms with Crippen LogP contribution in [0.5, 0.6) is 0 Å². The molecule has 1 fully saturated rings. The first kappa shape index (κ1) is 11.9. The Bertz CT molecular complexity index is 549. The molecule has 2 unspecified atom stereocenters. The number of fused-ring (bicyclic) bond motifs is 1. The highest BCUT2D eigenvalue weighted by Crippen LogP contribution is 2.39. The Morgan fingerprint density at radius 3 is 3.00 bits per heavy atom. The summed E-state index contributed by atoms with van der Waals surface area (Å²) in [5.41, 5.74) is 0. The van der Waals surface area contributed by atoms with Crippen LogP contribution in [0.3, 0.4) is 0 Å². The smallest absolute Gasteiger partial charge is 0.138 e. The van der Waals surface area contributed by atoms with Gasteiger partial charge in [-0.3, -0.25) is 0 Å². The first-order valence-electron chi connectivity index (χ1n) is 6.74. The van der Waals surface area contributed by atoms with Crippen LogP contribution in [-0.2, 0) is 0 Å². The molecule has 4 heteroatoms. The zero-order valence-electron chi connectivity index (χ0n) is 10.9. The van der Waals surface area contributed by atoms with E-state index in [0.717, 1.165) is 27.8 Å². The third kappa shape index (κ3) is 1.99. The number of nitrogens with one attached hydrogen (secondary N) is 1. The average molecular weight is 261 g/mol. The number of thiophene rings is 1. The molecule has 0 spiro atoms. The quantitative estimate of drug-likeness (QED) is 0.906. The molecule has 2 atom stereocenters. The number of hydrogen-bond acceptors (Lipinski definition) is 4. The van der Waals surface area contributed by atoms with Crippen molar-refractivity contribution in [2.75, 3.05) is 12.4 Å². The number of nitrogens with zero attached hydrogens (tertiary/aromatic N) is 2. The average Bonchev–Trinajstić information content (AvgIpc) is 3.05. The van der Waals surface area contributed by atoms with E-state index in [4.69, 9.17) is 9.97 Å². The second-order valence-corrected chi connectivity index (χ2v) is 6.00. The number of rotatable bonds is 3. The molecule has 96 valence electrons. The molecule has 1 aliphatic carbocycles. The Morgan fingerprint density at radius 1 is 1.39 bits per heavy atom. The van der Waals surface area contributed by atoms with Crippen molar-refractivity contribution in [1.29, 1.82) is 0 Å². The molecule has 0 aliphatic heterocycles. The van der Waals surface area contributed by atoms with Gasteiger partial charge in [0.15, 0.2) is 0 Å². The van der Waals surface area contributed by atoms with Gasteiger partial charge >= 0.3 is 0 Å². The lowest BCUT2D eigenvalue weighted by atomic mass is 10.0. The van der Waals surface area contributed by atoms with Gasteiger partial charge in [-0.15, -0.1) is 11.3 Å². The van der Waals surface area contributed by atoms with E-state index in [1.165, 1.54) is 25.7 Å². The summed E-state index contributed by atoms with van der Waals surface area (Å²) in [6.07, 6.45) is 5.13. The number of anilines is 1. The van der Waals surface area contributed by atoms with Crippen LogP contribution in [0.4, 0.5) is 5.82 Å². The van der Waals surface area contributed by atoms with Gasteiger partial charge in [0.1, 0.15) is 16.5 Å². The lowest BCUT2D eigenvalue weighted by Crippen LogP contribution is -2.04. The zero-order valence-corrected chi connectivity index (χ0v) is 11.8. The molecule has 18 heavy (non-hydrogen) atoms. The summed E-state index contributed by atoms with van der Waals surface area (Å²) in [6, 6.07) is 2.10. The predicted octanol–water partition coefficient (Wildman–Crippen LogP) is 4.03. The molecule has 0 saturated heterocycles. The highest BCUT2D eigenvalue weighted by Gasteiger charge is 2.27. The van der Waals surface area contributed by atoms with Crippen LogP contribution in [0.15, 0.2) is 11.4 Å². The molecule has 1 saturated carbocycles. The van der Waals surface area contributed by atoms with Crippen molar-refractivity contribution < 1.29 is 0 Å². The fourth-order valence-electron chi connectivity index (χ4n) is 2.93. The summed E-state index contributed by atoms with van der Waals surface area (Å²) in [5, 5.41) is 6.44. The minimum absolute atomic E-state index is 0.563. The molecule has 0 radical (unpaired) electrons. The van der Waals surface area contributed by atoms with E-state index < -0.39 is 0 Å². The highest BCUT2D eigenvalue weighted by atomic mass is 32.1. The molecule has 1 aliphatic rings. The monoisotopic (exact) mass is 261 g/mol. The van der Waals surface area contributed by atoms with E-state index in [9.17, 15) is 0 Å². The second kappa shape index (κ2) is 4.84. The van der Waals surface area contributed by atoms with Gasteiger partial charge in [-0.05, 0) is 36.6 Å². The largest absolute Gasteiger partial charge is 0.372 e. The fourth-order valence-corrected chi connectivity index (χ4v) is 3.70. The molecule has 0 amide bonds. The maximum absolute atomic E-state index is 4.76. The van der Waals surface area contributed by atoms with Crippen molar-refractivity contribution in [3.05, 3.63) is 17.3 Å². The molecule has 3 rings (SSSR count). The van der Waals surface area contributed by atoms with Gasteiger partial charge in [0.05, 0.1) is 5.39 Å². The van der Waals surface area contributed by atoms with Crippen LogP contribution < -0.4 is 5.32 Å². The highest BCUT2D eigenvalue weighted by molar-refractivity contribution is 7.16. The van der Waals surface area contributed by atoms with Crippen molar-refractivity contribution >= 4 is 27.4 Å². The molecule has 0 aromatic carbocycles. The summed E-state index contributed by atoms with van der Waals surface area (Å²) >= 11 is 1.71. The summed E-state index contributed by atoms with van der Waals surface area (Å²) in [4.78, 5) is 10.6. The van der Waals surface area contributed by atoms with Crippen LogP contribution in [0.25, 0.3) is 10.2 Å². The molecule has 2 heterocycles. The van der Waals surface area contributed by atoms with Gasteiger partial charge in [-0.2, -0.15) is 0 Å². The van der Waals surface area contributed by atoms with Crippen molar-refractivity contribution in [2.45, 2.75) is 38.5 Å². The third-order valence-corrected chi connectivity index (χ3v) is 4.87. The van der Waals surface area contributed by atoms with Crippen molar-refractivity contribution in [2.24, 2.45) is 5.92 Å². The third-order valence-electron chi connectivity index (χ3n) is 4.06. The van der Waals surface area contributed by atoms with E-state index in [1.54, 1.807) is 11.3 Å². The van der Waals surface area contributed by atoms with Crippen LogP contribution in [0.2, 0.25) is 0 Å². The van der Waals surface area contributed by atoms with Crippen molar-refractivity contribution in [1.82, 2.24) is 9.97 Å². The fraction of sp³-hybridized carbons (Fsp3) is 0.571. The lowest BCUT2D eigenvalue weighted by molar-refractivity contribution is 0.517. The van der Waals surface area contributed by atoms with Gasteiger partial charge < -0.3 is 5.32 Å². The number of aromatic nitrogens is 2. The minimum Gasteiger partial charge on any atom is -0.372 e. The van der Waals surface area contributed by atoms with Gasteiger partial charge in [-0.25, -0.2) is 9.97 Å². The SMILES string of the molecule is CCC1CCC(c2nc(NC)c3ccsc3n2)C1. The Labute approximate surface area is 112 Å². The topological polar surface area (TPSA) is 37.8 Å². The van der Waals surface area contributed by atoms with Crippen LogP contribution in [0.1, 0.15) is 44.3 Å². The normalized spacial score (nSPS) is 23.7. The standard InChI is InChI=1S/C14H19N3S/c1-3-9-4-5-10(8-9)12-16-13(15-2)11-6-7-18-14(11)17-12/h6-7,9-10H,3-5,8H2,1-2H3,(H,15,16,17). The van der Waals surface area contributed by atoms with E-state index in [-0.39, 0.29) is 0 Å². The van der Waals surface area contributed by atoms with Crippen LogP contribution in [-0.4, -0.2) is 17.0 Å². The summed E-state index contributed by atoms with van der Waals surface area (Å²) in [7, 11) is 1.94. The van der Waals surface area contributed by atoms with Crippen LogP contribution in [0, 0.1) is 5.92 Å². The molecule has 3 nitrogen and oxygen atoms in total. The van der Waals surface area contributed by atoms with Gasteiger partial charge in [-0.1, -0.05) is 13.3 Å². The van der Waals surface area contributed by atoms with E-state index in [2.05, 4.69) is 23.7 Å². The van der Waals surface area contributed by atoms with E-state index in [0.29, 0.717) is 5.92 Å². The Morgan fingerprint density at radius 2 is 2.28 bits per heavy atom. The van der Waals surface area contributed by atoms with Gasteiger partial charge in [0.25, 0.3) is 0 Å². The van der Waals surface area contributed by atoms with E-state index in [1.807, 2.05) is 7.05 Å². The molecule has 1 N–H and O–H groups in total. The summed E-state index contributed by atoms with van der Waals surface area (Å²) in [6.45, 7) is 2.29. The van der Waals surface area contributed by atoms with Crippen molar-refractivity contribution in [3.63, 3.8) is 0 Å². The summed E-state index contributed by atoms with van der Waals surface area (Å²) in [5.74, 6) is 3.46. The Hall–Kier alpha value is -1.16. The molecule has 2 aromatic rings. The van der Waals surface area contributed by atoms with Gasteiger partial charge in [0.2, 0.25) is 0 Å². The Kier molecular flexibility index (Phi) is 3.20. The molecular formula is C14H19N3S. The molecule has 2 aromatic heterocycles. The van der Waals surface area contributed by atoms with Crippen LogP contribution >= 0.6 is 11.3 Å². The number of hydrogen-bond donors (Lipinski definition) is 1.